The fourth-order valence-corrected chi connectivity index (χ4v) is 3.91. The van der Waals surface area contributed by atoms with Gasteiger partial charge in [-0.05, 0) is 58.4 Å². The average molecular weight is 447 g/mol. The van der Waals surface area contributed by atoms with E-state index < -0.39 is 23.7 Å². The second-order valence-electron chi connectivity index (χ2n) is 7.44. The second kappa shape index (κ2) is 11.0. The van der Waals surface area contributed by atoms with E-state index in [0.717, 1.165) is 6.07 Å². The molecule has 32 heavy (non-hydrogen) atoms. The number of carbonyl (C=O) groups is 3. The number of benzene rings is 1. The molecule has 1 amide bonds. The van der Waals surface area contributed by atoms with Crippen LogP contribution in [0.15, 0.2) is 24.3 Å². The molecule has 0 saturated heterocycles. The highest BCUT2D eigenvalue weighted by Gasteiger charge is 2.33. The van der Waals surface area contributed by atoms with Crippen LogP contribution in [0.1, 0.15) is 63.2 Å². The molecule has 0 N–H and O–H groups in total. The number of amides is 1. The van der Waals surface area contributed by atoms with Gasteiger partial charge in [-0.1, -0.05) is 6.07 Å². The molecule has 0 fully saturated rings. The van der Waals surface area contributed by atoms with E-state index in [-0.39, 0.29) is 31.1 Å². The molecule has 2 rings (SSSR count). The SMILES string of the molecule is CCOC(=O)c1c(C)c(C(=O)C(C)N(CCOC)C(=O)c2cccc(F)c2)c(C)n1CC. The third kappa shape index (κ3) is 5.07. The minimum atomic E-state index is -0.860. The van der Waals surface area contributed by atoms with Crippen LogP contribution in [0, 0.1) is 19.7 Å². The Bertz CT molecular complexity index is 999. The summed E-state index contributed by atoms with van der Waals surface area (Å²) in [6, 6.07) is 4.49. The van der Waals surface area contributed by atoms with Crippen molar-refractivity contribution in [3.8, 4) is 0 Å². The summed E-state index contributed by atoms with van der Waals surface area (Å²) in [6.45, 7) is 9.77. The molecule has 0 aliphatic carbocycles. The Hall–Kier alpha value is -3.00. The summed E-state index contributed by atoms with van der Waals surface area (Å²) < 4.78 is 25.7. The molecule has 1 unspecified atom stereocenters. The van der Waals surface area contributed by atoms with Gasteiger partial charge in [0, 0.05) is 37.0 Å². The second-order valence-corrected chi connectivity index (χ2v) is 7.44. The van der Waals surface area contributed by atoms with Crippen molar-refractivity contribution in [2.45, 2.75) is 47.2 Å². The molecular weight excluding hydrogens is 415 g/mol. The van der Waals surface area contributed by atoms with Crippen molar-refractivity contribution in [1.29, 1.82) is 0 Å². The molecule has 1 aromatic heterocycles. The Morgan fingerprint density at radius 3 is 2.44 bits per heavy atom. The fraction of sp³-hybridized carbons (Fsp3) is 0.458. The Morgan fingerprint density at radius 1 is 1.19 bits per heavy atom. The number of hydrogen-bond donors (Lipinski definition) is 0. The van der Waals surface area contributed by atoms with E-state index >= 15 is 0 Å². The predicted molar refractivity (Wildman–Crippen MR) is 119 cm³/mol. The van der Waals surface area contributed by atoms with E-state index in [4.69, 9.17) is 9.47 Å². The molecule has 0 aliphatic rings. The molecule has 7 nitrogen and oxygen atoms in total. The van der Waals surface area contributed by atoms with Crippen molar-refractivity contribution < 1.29 is 28.2 Å². The molecular formula is C24H31FN2O5. The van der Waals surface area contributed by atoms with Gasteiger partial charge in [0.15, 0.2) is 5.78 Å². The average Bonchev–Trinajstić information content (AvgIpc) is 3.02. The minimum absolute atomic E-state index is 0.146. The Kier molecular flexibility index (Phi) is 8.72. The van der Waals surface area contributed by atoms with Gasteiger partial charge in [0.1, 0.15) is 11.5 Å². The van der Waals surface area contributed by atoms with Crippen molar-refractivity contribution in [3.63, 3.8) is 0 Å². The lowest BCUT2D eigenvalue weighted by molar-refractivity contribution is 0.0512. The van der Waals surface area contributed by atoms with Gasteiger partial charge in [0.25, 0.3) is 5.91 Å². The molecule has 0 spiro atoms. The van der Waals surface area contributed by atoms with Crippen molar-refractivity contribution in [2.75, 3.05) is 26.9 Å². The van der Waals surface area contributed by atoms with E-state index in [2.05, 4.69) is 0 Å². The van der Waals surface area contributed by atoms with Crippen LogP contribution in [0.2, 0.25) is 0 Å². The number of carbonyl (C=O) groups excluding carboxylic acids is 3. The summed E-state index contributed by atoms with van der Waals surface area (Å²) in [7, 11) is 1.50. The third-order valence-electron chi connectivity index (χ3n) is 5.51. The van der Waals surface area contributed by atoms with E-state index in [1.54, 1.807) is 32.3 Å². The molecule has 1 aromatic carbocycles. The summed E-state index contributed by atoms with van der Waals surface area (Å²) in [6.07, 6.45) is 0. The predicted octanol–water partition coefficient (Wildman–Crippen LogP) is 3.80. The van der Waals surface area contributed by atoms with Gasteiger partial charge in [-0.25, -0.2) is 9.18 Å². The van der Waals surface area contributed by atoms with Crippen molar-refractivity contribution in [3.05, 3.63) is 58.2 Å². The highest BCUT2D eigenvalue weighted by Crippen LogP contribution is 2.26. The molecule has 1 heterocycles. The molecule has 2 aromatic rings. The first kappa shape index (κ1) is 25.3. The Labute approximate surface area is 188 Å². The largest absolute Gasteiger partial charge is 0.461 e. The Morgan fingerprint density at radius 2 is 1.88 bits per heavy atom. The molecule has 174 valence electrons. The van der Waals surface area contributed by atoms with Crippen LogP contribution in [0.5, 0.6) is 0 Å². The zero-order valence-electron chi connectivity index (χ0n) is 19.5. The minimum Gasteiger partial charge on any atom is -0.461 e. The number of rotatable bonds is 10. The number of nitrogens with zero attached hydrogens (tertiary/aromatic N) is 2. The number of Topliss-reactive ketones (excluding diaryl/α,β-unsaturated/α-hetero) is 1. The quantitative estimate of drug-likeness (QED) is 0.410. The maximum Gasteiger partial charge on any atom is 0.355 e. The fourth-order valence-electron chi connectivity index (χ4n) is 3.91. The van der Waals surface area contributed by atoms with Gasteiger partial charge in [-0.2, -0.15) is 0 Å². The summed E-state index contributed by atoms with van der Waals surface area (Å²) in [5, 5.41) is 0. The number of aromatic nitrogens is 1. The van der Waals surface area contributed by atoms with Crippen molar-refractivity contribution in [1.82, 2.24) is 9.47 Å². The Balaban J connectivity index is 2.49. The van der Waals surface area contributed by atoms with Crippen LogP contribution in [-0.4, -0.2) is 60.0 Å². The zero-order chi connectivity index (χ0) is 24.0. The topological polar surface area (TPSA) is 77.8 Å². The summed E-state index contributed by atoms with van der Waals surface area (Å²) in [5.74, 6) is -1.81. The van der Waals surface area contributed by atoms with Crippen LogP contribution in [0.25, 0.3) is 0 Å². The summed E-state index contributed by atoms with van der Waals surface area (Å²) in [5.41, 5.74) is 2.02. The van der Waals surface area contributed by atoms with E-state index in [1.165, 1.54) is 30.2 Å². The molecule has 0 radical (unpaired) electrons. The van der Waals surface area contributed by atoms with Crippen LogP contribution in [0.4, 0.5) is 4.39 Å². The number of ketones is 1. The monoisotopic (exact) mass is 446 g/mol. The van der Waals surface area contributed by atoms with Crippen molar-refractivity contribution >= 4 is 17.7 Å². The third-order valence-corrected chi connectivity index (χ3v) is 5.51. The van der Waals surface area contributed by atoms with E-state index in [0.29, 0.717) is 29.1 Å². The summed E-state index contributed by atoms with van der Waals surface area (Å²) in [4.78, 5) is 40.6. The van der Waals surface area contributed by atoms with Gasteiger partial charge in [0.05, 0.1) is 19.3 Å². The molecule has 0 bridgehead atoms. The molecule has 0 aliphatic heterocycles. The molecule has 8 heteroatoms. The first-order valence-corrected chi connectivity index (χ1v) is 10.7. The van der Waals surface area contributed by atoms with Gasteiger partial charge in [0.2, 0.25) is 0 Å². The molecule has 0 saturated carbocycles. The standard InChI is InChI=1S/C24H31FN2O5/c1-7-26-16(4)20(15(3)21(26)24(30)32-8-2)22(28)17(5)27(12-13-31-6)23(29)18-10-9-11-19(25)14-18/h9-11,14,17H,7-8,12-13H2,1-6H3. The lowest BCUT2D eigenvalue weighted by Gasteiger charge is -2.28. The van der Waals surface area contributed by atoms with Crippen LogP contribution in [-0.2, 0) is 16.0 Å². The first-order chi connectivity index (χ1) is 15.2. The number of methoxy groups -OCH3 is 1. The van der Waals surface area contributed by atoms with Gasteiger partial charge >= 0.3 is 5.97 Å². The van der Waals surface area contributed by atoms with Gasteiger partial charge < -0.3 is 18.9 Å². The maximum atomic E-state index is 13.7. The van der Waals surface area contributed by atoms with E-state index in [1.807, 2.05) is 6.92 Å². The number of hydrogen-bond acceptors (Lipinski definition) is 5. The smallest absolute Gasteiger partial charge is 0.355 e. The lowest BCUT2D eigenvalue weighted by Crippen LogP contribution is -2.45. The highest BCUT2D eigenvalue weighted by atomic mass is 19.1. The van der Waals surface area contributed by atoms with Crippen LogP contribution >= 0.6 is 0 Å². The van der Waals surface area contributed by atoms with Gasteiger partial charge in [-0.3, -0.25) is 9.59 Å². The van der Waals surface area contributed by atoms with Crippen LogP contribution < -0.4 is 0 Å². The maximum absolute atomic E-state index is 13.7. The molecule has 1 atom stereocenters. The lowest BCUT2D eigenvalue weighted by atomic mass is 9.99. The van der Waals surface area contributed by atoms with Crippen LogP contribution in [0.3, 0.4) is 0 Å². The number of esters is 1. The van der Waals surface area contributed by atoms with Gasteiger partial charge in [-0.15, -0.1) is 0 Å². The normalized spacial score (nSPS) is 11.8. The van der Waals surface area contributed by atoms with E-state index in [9.17, 15) is 18.8 Å². The number of halogens is 1. The number of ether oxygens (including phenoxy) is 2. The highest BCUT2D eigenvalue weighted by molar-refractivity contribution is 6.07. The zero-order valence-corrected chi connectivity index (χ0v) is 19.5. The summed E-state index contributed by atoms with van der Waals surface area (Å²) >= 11 is 0. The first-order valence-electron chi connectivity index (χ1n) is 10.7. The van der Waals surface area contributed by atoms with Crippen molar-refractivity contribution in [2.24, 2.45) is 0 Å².